The summed E-state index contributed by atoms with van der Waals surface area (Å²) in [7, 11) is -9.92. The monoisotopic (exact) mass is 1360 g/mol. The number of hydrogen-bond donors (Lipinski definition) is 3. The van der Waals surface area contributed by atoms with Gasteiger partial charge in [0.15, 0.2) is 12.2 Å². The van der Waals surface area contributed by atoms with Gasteiger partial charge >= 0.3 is 39.5 Å². The number of rotatable bonds is 70. The molecule has 0 rings (SSSR count). The number of aliphatic hydroxyl groups excluding tert-OH is 1. The number of unbranched alkanes of at least 4 members (excludes halogenated alkanes) is 34. The molecule has 0 saturated heterocycles. The summed E-state index contributed by atoms with van der Waals surface area (Å²) in [5, 5.41) is 10.6. The van der Waals surface area contributed by atoms with Crippen LogP contribution in [-0.2, 0) is 65.4 Å². The number of esters is 4. The molecule has 0 aromatic carbocycles. The molecule has 6 atom stereocenters. The molecule has 548 valence electrons. The fourth-order valence-corrected chi connectivity index (χ4v) is 12.3. The van der Waals surface area contributed by atoms with Crippen molar-refractivity contribution >= 4 is 39.5 Å². The van der Waals surface area contributed by atoms with E-state index in [1.807, 2.05) is 0 Å². The molecule has 0 fully saturated rings. The number of ether oxygens (including phenoxy) is 4. The van der Waals surface area contributed by atoms with Crippen molar-refractivity contribution in [2.75, 3.05) is 39.6 Å². The Balaban J connectivity index is 5.28. The lowest BCUT2D eigenvalue weighted by atomic mass is 10.00. The van der Waals surface area contributed by atoms with Crippen LogP contribution in [0.1, 0.15) is 350 Å². The molecule has 3 N–H and O–H groups in total. The van der Waals surface area contributed by atoms with E-state index >= 15 is 0 Å². The van der Waals surface area contributed by atoms with E-state index in [0.717, 1.165) is 127 Å². The smallest absolute Gasteiger partial charge is 0.462 e. The molecule has 0 saturated carbocycles. The van der Waals surface area contributed by atoms with E-state index in [4.69, 9.17) is 37.0 Å². The fourth-order valence-electron chi connectivity index (χ4n) is 10.7. The maximum absolute atomic E-state index is 13.0. The standard InChI is InChI=1S/C74H140O17P2/c1-8-10-11-12-13-14-15-16-17-20-24-29-34-43-50-57-73(78)91-70(62-85-72(77)56-49-42-37-36-40-47-54-67(7)9-2)64-89-93(82,83)87-60-68(75)59-86-92(80,81)88-63-69(90-74(79)58-51-44-35-30-25-27-32-39-46-53-66(5)6)61-84-71(76)55-48-41-33-28-23-21-18-19-22-26-31-38-45-52-65(3)4/h14-17,65-70,75H,8-13,18-64H2,1-7H3,(H,80,81)(H,82,83)/b15-14-,17-16-/t67?,68-,69-,70-/m1/s1. The lowest BCUT2D eigenvalue weighted by Gasteiger charge is -2.21. The number of carbonyl (C=O) groups is 4. The molecule has 0 amide bonds. The Labute approximate surface area is 567 Å². The van der Waals surface area contributed by atoms with Gasteiger partial charge in [-0.15, -0.1) is 0 Å². The number of aliphatic hydroxyl groups is 1. The first-order chi connectivity index (χ1) is 44.8. The van der Waals surface area contributed by atoms with Crippen LogP contribution >= 0.6 is 15.6 Å². The Morgan fingerprint density at radius 1 is 0.355 bits per heavy atom. The van der Waals surface area contributed by atoms with E-state index in [1.165, 1.54) is 141 Å². The largest absolute Gasteiger partial charge is 0.472 e. The number of phosphoric acid groups is 2. The van der Waals surface area contributed by atoms with Gasteiger partial charge in [0, 0.05) is 25.7 Å². The third kappa shape index (κ3) is 66.6. The lowest BCUT2D eigenvalue weighted by Crippen LogP contribution is -2.30. The summed E-state index contributed by atoms with van der Waals surface area (Å²) in [6.45, 7) is 11.8. The van der Waals surface area contributed by atoms with Gasteiger partial charge in [0.2, 0.25) is 0 Å². The number of allylic oxidation sites excluding steroid dienone is 4. The van der Waals surface area contributed by atoms with Crippen molar-refractivity contribution in [2.45, 2.75) is 369 Å². The Hall–Kier alpha value is -2.46. The molecule has 0 spiro atoms. The van der Waals surface area contributed by atoms with Gasteiger partial charge in [0.1, 0.15) is 19.3 Å². The predicted molar refractivity (Wildman–Crippen MR) is 377 cm³/mol. The molecule has 0 heterocycles. The van der Waals surface area contributed by atoms with Crippen LogP contribution < -0.4 is 0 Å². The van der Waals surface area contributed by atoms with E-state index in [-0.39, 0.29) is 25.7 Å². The van der Waals surface area contributed by atoms with E-state index in [1.54, 1.807) is 0 Å². The molecule has 0 aromatic rings. The van der Waals surface area contributed by atoms with Crippen LogP contribution in [0.25, 0.3) is 0 Å². The van der Waals surface area contributed by atoms with Gasteiger partial charge in [0.25, 0.3) is 0 Å². The zero-order chi connectivity index (χ0) is 68.7. The number of phosphoric ester groups is 2. The third-order valence-electron chi connectivity index (χ3n) is 16.9. The van der Waals surface area contributed by atoms with Gasteiger partial charge < -0.3 is 33.8 Å². The van der Waals surface area contributed by atoms with E-state index in [2.05, 4.69) is 72.8 Å². The van der Waals surface area contributed by atoms with Crippen LogP contribution in [-0.4, -0.2) is 96.7 Å². The summed E-state index contributed by atoms with van der Waals surface area (Å²) in [5.41, 5.74) is 0. The normalized spacial score (nSPS) is 14.6. The topological polar surface area (TPSA) is 237 Å². The maximum atomic E-state index is 13.0. The Morgan fingerprint density at radius 2 is 0.634 bits per heavy atom. The van der Waals surface area contributed by atoms with Crippen LogP contribution in [0.5, 0.6) is 0 Å². The molecular formula is C74H140O17P2. The highest BCUT2D eigenvalue weighted by Crippen LogP contribution is 2.45. The van der Waals surface area contributed by atoms with Crippen LogP contribution in [0.4, 0.5) is 0 Å². The molecule has 93 heavy (non-hydrogen) atoms. The van der Waals surface area contributed by atoms with Gasteiger partial charge in [-0.3, -0.25) is 37.3 Å². The minimum Gasteiger partial charge on any atom is -0.462 e. The predicted octanol–water partition coefficient (Wildman–Crippen LogP) is 21.0. The quantitative estimate of drug-likeness (QED) is 0.0169. The van der Waals surface area contributed by atoms with Crippen molar-refractivity contribution in [3.8, 4) is 0 Å². The van der Waals surface area contributed by atoms with Gasteiger partial charge in [-0.1, -0.05) is 297 Å². The van der Waals surface area contributed by atoms with Crippen LogP contribution in [0, 0.1) is 17.8 Å². The summed E-state index contributed by atoms with van der Waals surface area (Å²) in [6.07, 6.45) is 52.2. The zero-order valence-corrected chi connectivity index (χ0v) is 62.0. The van der Waals surface area contributed by atoms with E-state index < -0.39 is 97.5 Å². The zero-order valence-electron chi connectivity index (χ0n) is 60.2. The summed E-state index contributed by atoms with van der Waals surface area (Å²) in [5.74, 6) is 0.0989. The second kappa shape index (κ2) is 64.2. The maximum Gasteiger partial charge on any atom is 0.472 e. The molecule has 3 unspecified atom stereocenters. The molecular weight excluding hydrogens is 1220 g/mol. The first-order valence-corrected chi connectivity index (χ1v) is 40.7. The van der Waals surface area contributed by atoms with Crippen molar-refractivity contribution in [2.24, 2.45) is 17.8 Å². The summed E-state index contributed by atoms with van der Waals surface area (Å²) >= 11 is 0. The Kier molecular flexibility index (Phi) is 62.5. The fraction of sp³-hybridized carbons (Fsp3) is 0.892. The first kappa shape index (κ1) is 90.5. The average Bonchev–Trinajstić information content (AvgIpc) is 2.32. The van der Waals surface area contributed by atoms with E-state index in [0.29, 0.717) is 25.7 Å². The van der Waals surface area contributed by atoms with Gasteiger partial charge in [-0.25, -0.2) is 9.13 Å². The summed E-state index contributed by atoms with van der Waals surface area (Å²) in [4.78, 5) is 72.7. The highest BCUT2D eigenvalue weighted by atomic mass is 31.2. The second-order valence-corrected chi connectivity index (χ2v) is 30.1. The lowest BCUT2D eigenvalue weighted by molar-refractivity contribution is -0.161. The Morgan fingerprint density at radius 3 is 0.957 bits per heavy atom. The number of carbonyl (C=O) groups excluding carboxylic acids is 4. The molecule has 0 radical (unpaired) electrons. The van der Waals surface area contributed by atoms with E-state index in [9.17, 15) is 43.2 Å². The molecule has 17 nitrogen and oxygen atoms in total. The minimum atomic E-state index is -4.96. The molecule has 0 aliphatic carbocycles. The van der Waals surface area contributed by atoms with Gasteiger partial charge in [0.05, 0.1) is 26.4 Å². The highest BCUT2D eigenvalue weighted by molar-refractivity contribution is 7.47. The SMILES string of the molecule is CCCCCC/C=C\C=C/CCCCCCCC(=O)O[C@H](COC(=O)CCCCCCCCC(C)CC)COP(=O)(O)OC[C@H](O)COP(=O)(O)OC[C@@H](COC(=O)CCCCCCCCCCCCCCCC(C)C)OC(=O)CCCCCCCCCCCC(C)C. The second-order valence-electron chi connectivity index (χ2n) is 27.2. The van der Waals surface area contributed by atoms with Crippen LogP contribution in [0.2, 0.25) is 0 Å². The molecule has 0 bridgehead atoms. The van der Waals surface area contributed by atoms with Crippen molar-refractivity contribution in [3.05, 3.63) is 24.3 Å². The van der Waals surface area contributed by atoms with Crippen molar-refractivity contribution in [3.63, 3.8) is 0 Å². The van der Waals surface area contributed by atoms with Crippen molar-refractivity contribution < 1.29 is 80.2 Å². The molecule has 19 heteroatoms. The molecule has 0 aliphatic heterocycles. The van der Waals surface area contributed by atoms with Crippen LogP contribution in [0.3, 0.4) is 0 Å². The van der Waals surface area contributed by atoms with Crippen LogP contribution in [0.15, 0.2) is 24.3 Å². The summed E-state index contributed by atoms with van der Waals surface area (Å²) < 4.78 is 68.4. The molecule has 0 aromatic heterocycles. The Bertz CT molecular complexity index is 1910. The minimum absolute atomic E-state index is 0.0837. The number of hydrogen-bond acceptors (Lipinski definition) is 15. The third-order valence-corrected chi connectivity index (χ3v) is 18.8. The van der Waals surface area contributed by atoms with Gasteiger partial charge in [-0.05, 0) is 69.1 Å². The highest BCUT2D eigenvalue weighted by Gasteiger charge is 2.30. The first-order valence-electron chi connectivity index (χ1n) is 37.7. The summed E-state index contributed by atoms with van der Waals surface area (Å²) in [6, 6.07) is 0. The average molecular weight is 1360 g/mol. The van der Waals surface area contributed by atoms with Gasteiger partial charge in [-0.2, -0.15) is 0 Å². The van der Waals surface area contributed by atoms with Crippen molar-refractivity contribution in [1.29, 1.82) is 0 Å². The molecule has 0 aliphatic rings. The van der Waals surface area contributed by atoms with Crippen molar-refractivity contribution in [1.82, 2.24) is 0 Å².